The summed E-state index contributed by atoms with van der Waals surface area (Å²) in [6.45, 7) is 0. The highest BCUT2D eigenvalue weighted by atomic mass is 16.7. The summed E-state index contributed by atoms with van der Waals surface area (Å²) >= 11 is 0. The summed E-state index contributed by atoms with van der Waals surface area (Å²) in [6, 6.07) is 8.69. The number of rotatable bonds is 6. The fourth-order valence-electron chi connectivity index (χ4n) is 2.85. The molecule has 1 unspecified atom stereocenters. The van der Waals surface area contributed by atoms with Crippen LogP contribution >= 0.6 is 0 Å². The molecule has 3 rings (SSSR count). The Bertz CT molecular complexity index is 394. The lowest BCUT2D eigenvalue weighted by Crippen LogP contribution is -2.27. The Morgan fingerprint density at radius 3 is 2.32 bits per heavy atom. The Morgan fingerprint density at radius 1 is 1.05 bits per heavy atom. The van der Waals surface area contributed by atoms with E-state index in [9.17, 15) is 0 Å². The molecule has 0 amide bonds. The average Bonchev–Trinajstić information content (AvgIpc) is 3.15. The van der Waals surface area contributed by atoms with Crippen molar-refractivity contribution < 1.29 is 9.57 Å². The number of ether oxygens (including phenoxy) is 1. The number of hydrogen-bond acceptors (Lipinski definition) is 3. The molecule has 0 aromatic heterocycles. The van der Waals surface area contributed by atoms with Crippen molar-refractivity contribution in [2.45, 2.75) is 50.7 Å². The van der Waals surface area contributed by atoms with Gasteiger partial charge < -0.3 is 4.74 Å². The molecule has 0 spiro atoms. The van der Waals surface area contributed by atoms with E-state index in [4.69, 9.17) is 9.57 Å². The standard InChI is InChI=1S/C16H23NO2/c1-18-14-10-8-13(9-11-14)16(12-6-7-12)17-19-15-4-2-3-5-15/h8-12,15-17H,2-7H2,1H3. The zero-order valence-corrected chi connectivity index (χ0v) is 11.6. The molecule has 0 heterocycles. The molecule has 0 radical (unpaired) electrons. The molecule has 0 aliphatic heterocycles. The largest absolute Gasteiger partial charge is 0.497 e. The van der Waals surface area contributed by atoms with Crippen LogP contribution in [0.1, 0.15) is 50.1 Å². The van der Waals surface area contributed by atoms with Crippen molar-refractivity contribution in [2.24, 2.45) is 5.92 Å². The first kappa shape index (κ1) is 12.9. The number of nitrogens with one attached hydrogen (secondary N) is 1. The van der Waals surface area contributed by atoms with Gasteiger partial charge in [0, 0.05) is 0 Å². The Balaban J connectivity index is 1.62. The maximum Gasteiger partial charge on any atom is 0.118 e. The van der Waals surface area contributed by atoms with Gasteiger partial charge in [-0.25, -0.2) is 0 Å². The zero-order valence-electron chi connectivity index (χ0n) is 11.6. The molecule has 2 aliphatic rings. The molecule has 0 bridgehead atoms. The first-order chi connectivity index (χ1) is 9.36. The summed E-state index contributed by atoms with van der Waals surface area (Å²) < 4.78 is 5.21. The van der Waals surface area contributed by atoms with Gasteiger partial charge in [-0.15, -0.1) is 0 Å². The lowest BCUT2D eigenvalue weighted by Gasteiger charge is -2.21. The molecule has 3 nitrogen and oxygen atoms in total. The molecule has 2 saturated carbocycles. The highest BCUT2D eigenvalue weighted by molar-refractivity contribution is 5.29. The van der Waals surface area contributed by atoms with Crippen LogP contribution in [0.15, 0.2) is 24.3 Å². The summed E-state index contributed by atoms with van der Waals surface area (Å²) in [5.74, 6) is 1.64. The minimum Gasteiger partial charge on any atom is -0.497 e. The van der Waals surface area contributed by atoms with Crippen molar-refractivity contribution in [1.82, 2.24) is 5.48 Å². The predicted molar refractivity (Wildman–Crippen MR) is 74.9 cm³/mol. The van der Waals surface area contributed by atoms with E-state index >= 15 is 0 Å². The summed E-state index contributed by atoms with van der Waals surface area (Å²) in [7, 11) is 1.70. The second-order valence-electron chi connectivity index (χ2n) is 5.73. The Morgan fingerprint density at radius 2 is 1.74 bits per heavy atom. The van der Waals surface area contributed by atoms with Gasteiger partial charge in [-0.2, -0.15) is 5.48 Å². The monoisotopic (exact) mass is 261 g/mol. The lowest BCUT2D eigenvalue weighted by molar-refractivity contribution is -0.0448. The maximum absolute atomic E-state index is 5.90. The van der Waals surface area contributed by atoms with Crippen molar-refractivity contribution >= 4 is 0 Å². The lowest BCUT2D eigenvalue weighted by atomic mass is 10.0. The smallest absolute Gasteiger partial charge is 0.118 e. The third-order valence-corrected chi connectivity index (χ3v) is 4.23. The molecule has 1 aromatic carbocycles. The summed E-state index contributed by atoms with van der Waals surface area (Å²) in [5.41, 5.74) is 4.64. The molecule has 0 saturated heterocycles. The van der Waals surface area contributed by atoms with Gasteiger partial charge in [0.25, 0.3) is 0 Å². The maximum atomic E-state index is 5.90. The molecule has 1 atom stereocenters. The summed E-state index contributed by atoms with van der Waals surface area (Å²) in [4.78, 5) is 5.90. The number of benzene rings is 1. The first-order valence-electron chi connectivity index (χ1n) is 7.42. The van der Waals surface area contributed by atoms with Crippen LogP contribution in [-0.2, 0) is 4.84 Å². The third kappa shape index (κ3) is 3.28. The van der Waals surface area contributed by atoms with Crippen LogP contribution in [0.25, 0.3) is 0 Å². The molecule has 1 N–H and O–H groups in total. The van der Waals surface area contributed by atoms with E-state index in [0.717, 1.165) is 11.7 Å². The van der Waals surface area contributed by atoms with Crippen LogP contribution in [0.3, 0.4) is 0 Å². The van der Waals surface area contributed by atoms with Crippen molar-refractivity contribution in [3.63, 3.8) is 0 Å². The summed E-state index contributed by atoms with van der Waals surface area (Å²) in [5, 5.41) is 0. The van der Waals surface area contributed by atoms with Gasteiger partial charge in [-0.05, 0) is 49.3 Å². The number of hydroxylamine groups is 1. The van der Waals surface area contributed by atoms with Crippen molar-refractivity contribution in [2.75, 3.05) is 7.11 Å². The van der Waals surface area contributed by atoms with E-state index in [1.807, 2.05) is 12.1 Å². The SMILES string of the molecule is COc1ccc(C(NOC2CCCC2)C2CC2)cc1. The zero-order chi connectivity index (χ0) is 13.1. The van der Waals surface area contributed by atoms with Crippen molar-refractivity contribution in [3.8, 4) is 5.75 Å². The van der Waals surface area contributed by atoms with Gasteiger partial charge in [0.1, 0.15) is 5.75 Å². The van der Waals surface area contributed by atoms with Crippen LogP contribution < -0.4 is 10.2 Å². The van der Waals surface area contributed by atoms with E-state index in [1.54, 1.807) is 7.11 Å². The van der Waals surface area contributed by atoms with Gasteiger partial charge in [0.15, 0.2) is 0 Å². The number of hydrogen-bond donors (Lipinski definition) is 1. The Labute approximate surface area is 115 Å². The molecular weight excluding hydrogens is 238 g/mol. The number of methoxy groups -OCH3 is 1. The van der Waals surface area contributed by atoms with E-state index in [-0.39, 0.29) is 0 Å². The minimum atomic E-state index is 0.339. The van der Waals surface area contributed by atoms with Crippen molar-refractivity contribution in [1.29, 1.82) is 0 Å². The summed E-state index contributed by atoms with van der Waals surface area (Å²) in [6.07, 6.45) is 8.04. The van der Waals surface area contributed by atoms with E-state index < -0.39 is 0 Å². The molecule has 1 aromatic rings. The van der Waals surface area contributed by atoms with E-state index in [2.05, 4.69) is 17.6 Å². The molecule has 2 fully saturated rings. The predicted octanol–water partition coefficient (Wildman–Crippen LogP) is 3.61. The van der Waals surface area contributed by atoms with E-state index in [0.29, 0.717) is 12.1 Å². The molecule has 19 heavy (non-hydrogen) atoms. The normalized spacial score (nSPS) is 21.5. The van der Waals surface area contributed by atoms with Gasteiger partial charge in [-0.3, -0.25) is 4.84 Å². The van der Waals surface area contributed by atoms with Gasteiger partial charge in [0.2, 0.25) is 0 Å². The van der Waals surface area contributed by atoms with Crippen LogP contribution in [0, 0.1) is 5.92 Å². The average molecular weight is 261 g/mol. The Kier molecular flexibility index (Phi) is 4.04. The fourth-order valence-corrected chi connectivity index (χ4v) is 2.85. The van der Waals surface area contributed by atoms with Crippen LogP contribution in [0.4, 0.5) is 0 Å². The van der Waals surface area contributed by atoms with Gasteiger partial charge >= 0.3 is 0 Å². The highest BCUT2D eigenvalue weighted by Crippen LogP contribution is 2.41. The molecule has 2 aliphatic carbocycles. The van der Waals surface area contributed by atoms with E-state index in [1.165, 1.54) is 44.1 Å². The highest BCUT2D eigenvalue weighted by Gasteiger charge is 2.33. The van der Waals surface area contributed by atoms with Crippen LogP contribution in [-0.4, -0.2) is 13.2 Å². The second-order valence-corrected chi connectivity index (χ2v) is 5.73. The van der Waals surface area contributed by atoms with Gasteiger partial charge in [0.05, 0.1) is 19.3 Å². The topological polar surface area (TPSA) is 30.5 Å². The van der Waals surface area contributed by atoms with Crippen molar-refractivity contribution in [3.05, 3.63) is 29.8 Å². The van der Waals surface area contributed by atoms with Gasteiger partial charge in [-0.1, -0.05) is 25.0 Å². The Hall–Kier alpha value is -1.06. The molecule has 104 valence electrons. The van der Waals surface area contributed by atoms with Crippen LogP contribution in [0.5, 0.6) is 5.75 Å². The fraction of sp³-hybridized carbons (Fsp3) is 0.625. The minimum absolute atomic E-state index is 0.339. The second kappa shape index (κ2) is 5.93. The first-order valence-corrected chi connectivity index (χ1v) is 7.42. The van der Waals surface area contributed by atoms with Crippen LogP contribution in [0.2, 0.25) is 0 Å². The molecular formula is C16H23NO2. The third-order valence-electron chi connectivity index (χ3n) is 4.23. The molecule has 3 heteroatoms. The quantitative estimate of drug-likeness (QED) is 0.793.